The van der Waals surface area contributed by atoms with Crippen LogP contribution < -0.4 is 0 Å². The second-order valence-electron chi connectivity index (χ2n) is 3.43. The second-order valence-corrected chi connectivity index (χ2v) is 10.4. The van der Waals surface area contributed by atoms with E-state index in [-0.39, 0.29) is 0 Å². The molecule has 100 valence electrons. The van der Waals surface area contributed by atoms with E-state index in [1.807, 2.05) is 0 Å². The quantitative estimate of drug-likeness (QED) is 0.680. The molecular formula is C8H13O6S3-. The maximum Gasteiger partial charge on any atom is 0.0781 e. The molecule has 0 aromatic carbocycles. The molecule has 0 saturated heterocycles. The van der Waals surface area contributed by atoms with E-state index in [4.69, 9.17) is 0 Å². The van der Waals surface area contributed by atoms with Crippen LogP contribution in [0.25, 0.3) is 0 Å². The average Bonchev–Trinajstić information content (AvgIpc) is 1.98. The number of hydrogen-bond donors (Lipinski definition) is 0. The van der Waals surface area contributed by atoms with Gasteiger partial charge in [0.2, 0.25) is 0 Å². The maximum atomic E-state index is 11.7. The van der Waals surface area contributed by atoms with Gasteiger partial charge in [0.1, 0.15) is 0 Å². The fourth-order valence-corrected chi connectivity index (χ4v) is 7.45. The van der Waals surface area contributed by atoms with Crippen LogP contribution in [0.5, 0.6) is 0 Å². The summed E-state index contributed by atoms with van der Waals surface area (Å²) >= 11 is 0. The van der Waals surface area contributed by atoms with Crippen LogP contribution in [0.1, 0.15) is 13.8 Å². The molecule has 0 unspecified atom stereocenters. The molecule has 0 aliphatic carbocycles. The Morgan fingerprint density at radius 2 is 1.06 bits per heavy atom. The van der Waals surface area contributed by atoms with E-state index in [0.717, 1.165) is 13.8 Å². The van der Waals surface area contributed by atoms with Crippen molar-refractivity contribution in [3.8, 4) is 0 Å². The first kappa shape index (κ1) is 16.3. The highest BCUT2D eigenvalue weighted by Crippen LogP contribution is 2.32. The highest BCUT2D eigenvalue weighted by molar-refractivity contribution is 8.30. The topological polar surface area (TPSA) is 102 Å². The van der Waals surface area contributed by atoms with E-state index in [1.165, 1.54) is 0 Å². The molecule has 0 spiro atoms. The molecule has 0 aromatic heterocycles. The van der Waals surface area contributed by atoms with Crippen LogP contribution in [0.3, 0.4) is 0 Å². The Morgan fingerprint density at radius 3 is 1.18 bits per heavy atom. The van der Waals surface area contributed by atoms with Crippen LogP contribution in [0.15, 0.2) is 23.0 Å². The molecular weight excluding hydrogens is 288 g/mol. The third-order valence-electron chi connectivity index (χ3n) is 1.66. The molecule has 0 aliphatic heterocycles. The molecule has 0 radical (unpaired) electrons. The normalized spacial score (nSPS) is 13.6. The average molecular weight is 301 g/mol. The van der Waals surface area contributed by atoms with Crippen molar-refractivity contribution in [1.82, 2.24) is 0 Å². The number of rotatable bonds is 5. The Bertz CT molecular complexity index is 604. The monoisotopic (exact) mass is 301 g/mol. The largest absolute Gasteiger partial charge is 0.260 e. The van der Waals surface area contributed by atoms with E-state index in [2.05, 4.69) is 13.2 Å². The lowest BCUT2D eigenvalue weighted by Crippen LogP contribution is -2.29. The van der Waals surface area contributed by atoms with Crippen molar-refractivity contribution in [2.75, 3.05) is 6.26 Å². The summed E-state index contributed by atoms with van der Waals surface area (Å²) in [5, 5.41) is 0. The van der Waals surface area contributed by atoms with Gasteiger partial charge in [0.15, 0.2) is 0 Å². The van der Waals surface area contributed by atoms with Gasteiger partial charge in [-0.25, -0.2) is 0 Å². The van der Waals surface area contributed by atoms with Crippen molar-refractivity contribution in [2.45, 2.75) is 13.8 Å². The second kappa shape index (κ2) is 4.54. The summed E-state index contributed by atoms with van der Waals surface area (Å²) in [6, 6.07) is 0. The minimum atomic E-state index is -4.61. The van der Waals surface area contributed by atoms with Crippen LogP contribution in [-0.2, 0) is 29.5 Å². The first-order chi connectivity index (χ1) is 7.25. The lowest BCUT2D eigenvalue weighted by atomic mass is 10.8. The summed E-state index contributed by atoms with van der Waals surface area (Å²) < 4.78 is 67.9. The Morgan fingerprint density at radius 1 is 0.824 bits per heavy atom. The molecule has 9 heteroatoms. The predicted octanol–water partition coefficient (Wildman–Crippen LogP) is 0.375. The predicted molar refractivity (Wildman–Crippen MR) is 65.6 cm³/mol. The molecule has 0 amide bonds. The van der Waals surface area contributed by atoms with E-state index in [9.17, 15) is 25.3 Å². The Labute approximate surface area is 102 Å². The van der Waals surface area contributed by atoms with Gasteiger partial charge in [0, 0.05) is 16.1 Å². The first-order valence-electron chi connectivity index (χ1n) is 4.14. The summed E-state index contributed by atoms with van der Waals surface area (Å²) in [6.07, 6.45) is 0.503. The molecule has 0 rings (SSSR count). The first-order valence-corrected chi connectivity index (χ1v) is 8.99. The van der Waals surface area contributed by atoms with Crippen molar-refractivity contribution in [2.24, 2.45) is 0 Å². The maximum absolute atomic E-state index is 11.7. The van der Waals surface area contributed by atoms with Gasteiger partial charge in [-0.15, -0.1) is 0 Å². The third kappa shape index (κ3) is 3.17. The zero-order valence-corrected chi connectivity index (χ0v) is 12.0. The molecule has 0 fully saturated rings. The van der Waals surface area contributed by atoms with E-state index in [1.54, 1.807) is 0 Å². The van der Waals surface area contributed by atoms with Gasteiger partial charge in [0.25, 0.3) is 0 Å². The summed E-state index contributed by atoms with van der Waals surface area (Å²) in [5.41, 5.74) is 0. The van der Waals surface area contributed by atoms with Crippen LogP contribution in [0.4, 0.5) is 0 Å². The Kier molecular flexibility index (Phi) is 4.36. The van der Waals surface area contributed by atoms with Crippen LogP contribution in [0.2, 0.25) is 0 Å². The number of allylic oxidation sites excluding steroid dienone is 2. The summed E-state index contributed by atoms with van der Waals surface area (Å²) in [6.45, 7) is 8.15. The lowest BCUT2D eigenvalue weighted by molar-refractivity contribution is 0.590. The highest BCUT2D eigenvalue weighted by Gasteiger charge is 2.33. The van der Waals surface area contributed by atoms with Gasteiger partial charge in [-0.2, -0.15) is 0 Å². The molecule has 0 aromatic rings. The Balaban J connectivity index is 6.42. The van der Waals surface area contributed by atoms with E-state index < -0.39 is 43.2 Å². The van der Waals surface area contributed by atoms with Crippen LogP contribution >= 0.6 is 0 Å². The van der Waals surface area contributed by atoms with Gasteiger partial charge >= 0.3 is 0 Å². The number of sulfone groups is 3. The van der Waals surface area contributed by atoms with Gasteiger partial charge in [-0.1, -0.05) is 13.2 Å². The number of hydrogen-bond acceptors (Lipinski definition) is 6. The molecule has 0 bridgehead atoms. The molecule has 17 heavy (non-hydrogen) atoms. The smallest absolute Gasteiger partial charge is 0.0781 e. The molecule has 0 N–H and O–H groups in total. The minimum Gasteiger partial charge on any atom is -0.260 e. The zero-order chi connectivity index (χ0) is 14.2. The van der Waals surface area contributed by atoms with E-state index >= 15 is 0 Å². The van der Waals surface area contributed by atoms with Gasteiger partial charge < -0.3 is 0 Å². The van der Waals surface area contributed by atoms with Crippen molar-refractivity contribution >= 4 is 29.5 Å². The molecule has 0 heterocycles. The van der Waals surface area contributed by atoms with Crippen molar-refractivity contribution in [1.29, 1.82) is 0 Å². The van der Waals surface area contributed by atoms with Crippen LogP contribution in [-0.4, -0.2) is 31.5 Å². The fourth-order valence-electron chi connectivity index (χ4n) is 0.828. The lowest BCUT2D eigenvalue weighted by Gasteiger charge is -2.28. The van der Waals surface area contributed by atoms with Gasteiger partial charge in [-0.05, 0) is 13.8 Å². The van der Waals surface area contributed by atoms with Gasteiger partial charge in [0.05, 0.1) is 33.4 Å². The molecule has 0 atom stereocenters. The van der Waals surface area contributed by atoms with E-state index in [0.29, 0.717) is 6.26 Å². The molecule has 0 aliphatic rings. The summed E-state index contributed by atoms with van der Waals surface area (Å²) in [4.78, 5) is -1.13. The fraction of sp³-hybridized carbons (Fsp3) is 0.375. The molecule has 0 saturated carbocycles. The SMILES string of the molecule is C=C(C)S(=O)(=O)[C-](S(C)(=O)=O)S(=O)(=O)C(=C)C. The highest BCUT2D eigenvalue weighted by atomic mass is 32.3. The summed E-state index contributed by atoms with van der Waals surface area (Å²) in [7, 11) is -13.7. The van der Waals surface area contributed by atoms with Crippen molar-refractivity contribution in [3.05, 3.63) is 26.9 Å². The minimum absolute atomic E-state index is 0.503. The third-order valence-corrected chi connectivity index (χ3v) is 9.43. The zero-order valence-electron chi connectivity index (χ0n) is 9.59. The summed E-state index contributed by atoms with van der Waals surface area (Å²) in [5.74, 6) is 0. The Hall–Kier alpha value is -0.670. The van der Waals surface area contributed by atoms with Crippen LogP contribution in [0, 0.1) is 3.91 Å². The molecule has 6 nitrogen and oxygen atoms in total. The standard InChI is InChI=1S/C8H13O6S3/c1-6(2)16(11,12)8(15(5,9)10)17(13,14)7(3)4/h1,3H2,2,4-5H3/q-1. The van der Waals surface area contributed by atoms with Crippen molar-refractivity contribution < 1.29 is 25.3 Å². The van der Waals surface area contributed by atoms with Crippen molar-refractivity contribution in [3.63, 3.8) is 0 Å². The van der Waals surface area contributed by atoms with Gasteiger partial charge in [-0.3, -0.25) is 25.3 Å².